The Kier molecular flexibility index (Phi) is 8.59. The molecule has 0 aromatic carbocycles. The number of alkyl halides is 3. The summed E-state index contributed by atoms with van der Waals surface area (Å²) < 4.78 is 37.7. The van der Waals surface area contributed by atoms with E-state index in [4.69, 9.17) is 14.6 Å². The molecule has 2 saturated heterocycles. The summed E-state index contributed by atoms with van der Waals surface area (Å²) in [4.78, 5) is 41.7. The van der Waals surface area contributed by atoms with E-state index in [0.717, 1.165) is 25.0 Å². The first-order valence-corrected chi connectivity index (χ1v) is 10.3. The van der Waals surface area contributed by atoms with Gasteiger partial charge < -0.3 is 19.6 Å². The van der Waals surface area contributed by atoms with Crippen LogP contribution in [0.25, 0.3) is 0 Å². The van der Waals surface area contributed by atoms with Crippen LogP contribution < -0.4 is 0 Å². The zero-order valence-electron chi connectivity index (χ0n) is 18.3. The number of rotatable bonds is 3. The Morgan fingerprint density at radius 1 is 1.28 bits per heavy atom. The van der Waals surface area contributed by atoms with Gasteiger partial charge in [0.2, 0.25) is 5.91 Å². The molecule has 3 rings (SSSR count). The van der Waals surface area contributed by atoms with Crippen LogP contribution >= 0.6 is 0 Å². The fourth-order valence-corrected chi connectivity index (χ4v) is 3.79. The van der Waals surface area contributed by atoms with Crippen molar-refractivity contribution in [1.82, 2.24) is 14.8 Å². The summed E-state index contributed by atoms with van der Waals surface area (Å²) in [7, 11) is 3.55. The molecule has 2 aliphatic rings. The van der Waals surface area contributed by atoms with Crippen LogP contribution in [0.4, 0.5) is 13.2 Å². The molecule has 2 aliphatic heterocycles. The number of aryl methyl sites for hydroxylation is 1. The monoisotopic (exact) mass is 459 g/mol. The number of hydrogen-bond donors (Lipinski definition) is 1. The minimum atomic E-state index is -5.08. The number of ether oxygens (including phenoxy) is 1. The topological polar surface area (TPSA) is 100 Å². The molecule has 8 nitrogen and oxygen atoms in total. The quantitative estimate of drug-likeness (QED) is 0.744. The summed E-state index contributed by atoms with van der Waals surface area (Å²) in [6.45, 7) is 3.88. The lowest BCUT2D eigenvalue weighted by Crippen LogP contribution is -2.51. The number of amides is 2. The Bertz CT molecular complexity index is 814. The van der Waals surface area contributed by atoms with E-state index in [0.29, 0.717) is 25.3 Å². The molecular formula is C21H28F3N3O5. The van der Waals surface area contributed by atoms with Crippen LogP contribution in [0, 0.1) is 11.8 Å². The minimum Gasteiger partial charge on any atom is -0.475 e. The number of fused-ring (bicyclic) bond motifs is 1. The predicted octanol–water partition coefficient (Wildman–Crippen LogP) is 2.23. The van der Waals surface area contributed by atoms with Crippen molar-refractivity contribution < 1.29 is 37.4 Å². The first-order valence-electron chi connectivity index (χ1n) is 10.3. The Morgan fingerprint density at radius 2 is 1.94 bits per heavy atom. The number of likely N-dealkylation sites (tertiary alicyclic amines) is 1. The van der Waals surface area contributed by atoms with E-state index >= 15 is 0 Å². The van der Waals surface area contributed by atoms with Gasteiger partial charge in [-0.05, 0) is 31.4 Å². The Labute approximate surface area is 184 Å². The molecule has 178 valence electrons. The molecule has 0 unspecified atom stereocenters. The van der Waals surface area contributed by atoms with Gasteiger partial charge in [0.05, 0.1) is 24.2 Å². The van der Waals surface area contributed by atoms with Gasteiger partial charge >= 0.3 is 12.1 Å². The van der Waals surface area contributed by atoms with Crippen molar-refractivity contribution in [2.75, 3.05) is 33.8 Å². The molecule has 3 heterocycles. The average molecular weight is 459 g/mol. The fourth-order valence-electron chi connectivity index (χ4n) is 3.79. The van der Waals surface area contributed by atoms with Crippen molar-refractivity contribution in [3.8, 4) is 0 Å². The average Bonchev–Trinajstić information content (AvgIpc) is 2.77. The van der Waals surface area contributed by atoms with Gasteiger partial charge in [0, 0.05) is 45.0 Å². The van der Waals surface area contributed by atoms with Crippen molar-refractivity contribution in [2.24, 2.45) is 11.8 Å². The lowest BCUT2D eigenvalue weighted by molar-refractivity contribution is -0.192. The molecule has 0 aliphatic carbocycles. The second-order valence-electron chi connectivity index (χ2n) is 8.03. The molecule has 0 saturated carbocycles. The van der Waals surface area contributed by atoms with Crippen molar-refractivity contribution in [2.45, 2.75) is 38.5 Å². The highest BCUT2D eigenvalue weighted by atomic mass is 19.4. The standard InChI is InChI=1S/C19H27N3O3.C2HF3O2/c1-4-16-6-5-13(10-20-16)19(24)22-8-7-17-14(11-22)9-15(12-25-17)18(23)21(2)3;3-2(4,5)1(6)7/h5-6,10,14-15,17H,4,7-9,11-12H2,1-3H3;(H,6,7)/t14-,15-,17+;/m0./s1. The van der Waals surface area contributed by atoms with E-state index in [1.807, 2.05) is 24.0 Å². The van der Waals surface area contributed by atoms with E-state index in [1.54, 1.807) is 25.2 Å². The molecule has 11 heteroatoms. The summed E-state index contributed by atoms with van der Waals surface area (Å²) in [5, 5.41) is 7.12. The second-order valence-corrected chi connectivity index (χ2v) is 8.03. The molecule has 1 aromatic heterocycles. The maximum atomic E-state index is 12.8. The van der Waals surface area contributed by atoms with Gasteiger partial charge in [0.15, 0.2) is 0 Å². The normalized spacial score (nSPS) is 22.8. The van der Waals surface area contributed by atoms with E-state index in [1.165, 1.54) is 0 Å². The number of halogens is 3. The van der Waals surface area contributed by atoms with Crippen LogP contribution in [0.1, 0.15) is 35.8 Å². The zero-order chi connectivity index (χ0) is 24.1. The van der Waals surface area contributed by atoms with Crippen LogP contribution in [0.2, 0.25) is 0 Å². The molecule has 1 N–H and O–H groups in total. The van der Waals surface area contributed by atoms with Gasteiger partial charge in [-0.15, -0.1) is 0 Å². The van der Waals surface area contributed by atoms with Gasteiger partial charge in [0.1, 0.15) is 0 Å². The van der Waals surface area contributed by atoms with Gasteiger partial charge in [0.25, 0.3) is 5.91 Å². The van der Waals surface area contributed by atoms with Crippen molar-refractivity contribution in [1.29, 1.82) is 0 Å². The summed E-state index contributed by atoms with van der Waals surface area (Å²) in [5.74, 6) is -2.50. The van der Waals surface area contributed by atoms with Crippen LogP contribution in [0.15, 0.2) is 18.3 Å². The number of carbonyl (C=O) groups excluding carboxylic acids is 2. The highest BCUT2D eigenvalue weighted by Crippen LogP contribution is 2.32. The molecule has 1 aromatic rings. The summed E-state index contributed by atoms with van der Waals surface area (Å²) in [6, 6.07) is 3.77. The minimum absolute atomic E-state index is 0.0228. The number of carboxylic acid groups (broad SMARTS) is 1. The first kappa shape index (κ1) is 25.6. The molecule has 2 fully saturated rings. The molecule has 0 bridgehead atoms. The van der Waals surface area contributed by atoms with Crippen molar-refractivity contribution in [3.05, 3.63) is 29.6 Å². The third-order valence-electron chi connectivity index (χ3n) is 5.52. The number of aliphatic carboxylic acids is 1. The number of pyridine rings is 1. The van der Waals surface area contributed by atoms with Crippen LogP contribution in [-0.4, -0.2) is 83.7 Å². The lowest BCUT2D eigenvalue weighted by Gasteiger charge is -2.43. The van der Waals surface area contributed by atoms with Crippen LogP contribution in [0.5, 0.6) is 0 Å². The number of nitrogens with zero attached hydrogens (tertiary/aromatic N) is 3. The Balaban J connectivity index is 0.000000451. The van der Waals surface area contributed by atoms with Gasteiger partial charge in [-0.3, -0.25) is 14.6 Å². The third kappa shape index (κ3) is 6.65. The number of hydrogen-bond acceptors (Lipinski definition) is 5. The van der Waals surface area contributed by atoms with E-state index in [2.05, 4.69) is 4.98 Å². The molecule has 3 atom stereocenters. The zero-order valence-corrected chi connectivity index (χ0v) is 18.3. The summed E-state index contributed by atoms with van der Waals surface area (Å²) >= 11 is 0. The van der Waals surface area contributed by atoms with Gasteiger partial charge in [-0.1, -0.05) is 6.92 Å². The van der Waals surface area contributed by atoms with E-state index in [-0.39, 0.29) is 29.8 Å². The van der Waals surface area contributed by atoms with Crippen LogP contribution in [-0.2, 0) is 20.7 Å². The highest BCUT2D eigenvalue weighted by molar-refractivity contribution is 5.94. The molecule has 2 amide bonds. The summed E-state index contributed by atoms with van der Waals surface area (Å²) in [6.07, 6.45) is -0.766. The van der Waals surface area contributed by atoms with Crippen LogP contribution in [0.3, 0.4) is 0 Å². The van der Waals surface area contributed by atoms with Gasteiger partial charge in [-0.2, -0.15) is 13.2 Å². The highest BCUT2D eigenvalue weighted by Gasteiger charge is 2.40. The Hall–Kier alpha value is -2.69. The smallest absolute Gasteiger partial charge is 0.475 e. The maximum absolute atomic E-state index is 12.8. The Morgan fingerprint density at radius 3 is 2.44 bits per heavy atom. The molecule has 0 spiro atoms. The number of aromatic nitrogens is 1. The number of carbonyl (C=O) groups is 3. The molecule has 0 radical (unpaired) electrons. The maximum Gasteiger partial charge on any atom is 0.490 e. The lowest BCUT2D eigenvalue weighted by atomic mass is 9.83. The fraction of sp³-hybridized carbons (Fsp3) is 0.619. The third-order valence-corrected chi connectivity index (χ3v) is 5.52. The van der Waals surface area contributed by atoms with Gasteiger partial charge in [-0.25, -0.2) is 4.79 Å². The largest absolute Gasteiger partial charge is 0.490 e. The number of carboxylic acids is 1. The van der Waals surface area contributed by atoms with E-state index in [9.17, 15) is 22.8 Å². The molecule has 32 heavy (non-hydrogen) atoms. The van der Waals surface area contributed by atoms with E-state index < -0.39 is 12.1 Å². The first-order chi connectivity index (χ1) is 14.9. The predicted molar refractivity (Wildman–Crippen MR) is 108 cm³/mol. The molecular weight excluding hydrogens is 431 g/mol. The SMILES string of the molecule is CCc1ccc(C(=O)N2CC[C@H]3OC[C@@H](C(=O)N(C)C)C[C@H]3C2)cn1.O=C(O)C(F)(F)F. The van der Waals surface area contributed by atoms with Crippen molar-refractivity contribution >= 4 is 17.8 Å². The second kappa shape index (κ2) is 10.8. The van der Waals surface area contributed by atoms with Crippen molar-refractivity contribution in [3.63, 3.8) is 0 Å². The summed E-state index contributed by atoms with van der Waals surface area (Å²) in [5.41, 5.74) is 1.62. The number of piperidine rings is 1.